The zero-order chi connectivity index (χ0) is 15.7. The van der Waals surface area contributed by atoms with Crippen molar-refractivity contribution in [1.29, 1.82) is 0 Å². The number of ether oxygens (including phenoxy) is 1. The Bertz CT molecular complexity index is 440. The van der Waals surface area contributed by atoms with Gasteiger partial charge >= 0.3 is 5.97 Å². The standard InChI is InChI=1S/C18H30O3/c1-13-7-8-15-16(18(13,4)10-11-19)6-5-9-17(15,3)12-21-14(2)20/h13,19H,5-12H2,1-4H3/t13-,17-,18+/m1/s1. The maximum Gasteiger partial charge on any atom is 0.302 e. The fraction of sp³-hybridized carbons (Fsp3) is 0.833. The van der Waals surface area contributed by atoms with Gasteiger partial charge in [-0.3, -0.25) is 4.79 Å². The number of carbonyl (C=O) groups is 1. The lowest BCUT2D eigenvalue weighted by Gasteiger charge is -2.50. The summed E-state index contributed by atoms with van der Waals surface area (Å²) in [5, 5.41) is 9.51. The summed E-state index contributed by atoms with van der Waals surface area (Å²) in [6.45, 7) is 9.13. The van der Waals surface area contributed by atoms with E-state index in [1.165, 1.54) is 18.9 Å². The SMILES string of the molecule is CC(=O)OC[C@@]1(C)CCCC2=C1CC[C@@H](C)[C@]2(C)CCO. The van der Waals surface area contributed by atoms with Crippen molar-refractivity contribution >= 4 is 5.97 Å². The van der Waals surface area contributed by atoms with Gasteiger partial charge in [-0.1, -0.05) is 31.9 Å². The summed E-state index contributed by atoms with van der Waals surface area (Å²) in [4.78, 5) is 11.2. The fourth-order valence-corrected chi connectivity index (χ4v) is 4.43. The predicted molar refractivity (Wildman–Crippen MR) is 83.8 cm³/mol. The molecule has 1 N–H and O–H groups in total. The van der Waals surface area contributed by atoms with Gasteiger partial charge in [-0.15, -0.1) is 0 Å². The number of allylic oxidation sites excluding steroid dienone is 1. The van der Waals surface area contributed by atoms with Gasteiger partial charge in [-0.05, 0) is 49.9 Å². The van der Waals surface area contributed by atoms with Crippen molar-refractivity contribution in [2.45, 2.75) is 66.2 Å². The second kappa shape index (κ2) is 6.12. The van der Waals surface area contributed by atoms with Crippen LogP contribution < -0.4 is 0 Å². The van der Waals surface area contributed by atoms with E-state index in [0.29, 0.717) is 12.5 Å². The van der Waals surface area contributed by atoms with Crippen molar-refractivity contribution in [1.82, 2.24) is 0 Å². The minimum absolute atomic E-state index is 0.00386. The summed E-state index contributed by atoms with van der Waals surface area (Å²) in [5.74, 6) is 0.422. The average molecular weight is 294 g/mol. The molecule has 0 spiro atoms. The lowest BCUT2D eigenvalue weighted by atomic mass is 9.55. The lowest BCUT2D eigenvalue weighted by molar-refractivity contribution is -0.143. The van der Waals surface area contributed by atoms with Gasteiger partial charge < -0.3 is 9.84 Å². The van der Waals surface area contributed by atoms with Crippen LogP contribution in [0.2, 0.25) is 0 Å². The van der Waals surface area contributed by atoms with Gasteiger partial charge in [0, 0.05) is 18.9 Å². The van der Waals surface area contributed by atoms with E-state index in [4.69, 9.17) is 4.74 Å². The fourth-order valence-electron chi connectivity index (χ4n) is 4.43. The van der Waals surface area contributed by atoms with Gasteiger partial charge in [-0.25, -0.2) is 0 Å². The second-order valence-corrected chi connectivity index (χ2v) is 7.48. The normalized spacial score (nSPS) is 36.3. The number of hydrogen-bond donors (Lipinski definition) is 1. The number of rotatable bonds is 4. The minimum atomic E-state index is -0.189. The summed E-state index contributed by atoms with van der Waals surface area (Å²) in [6.07, 6.45) is 6.54. The first kappa shape index (κ1) is 16.5. The zero-order valence-electron chi connectivity index (χ0n) is 14.0. The zero-order valence-corrected chi connectivity index (χ0v) is 14.0. The Kier molecular flexibility index (Phi) is 4.82. The Labute approximate surface area is 128 Å². The largest absolute Gasteiger partial charge is 0.465 e. The maximum atomic E-state index is 11.2. The van der Waals surface area contributed by atoms with Crippen molar-refractivity contribution < 1.29 is 14.6 Å². The van der Waals surface area contributed by atoms with E-state index in [1.807, 2.05) is 0 Å². The molecule has 21 heavy (non-hydrogen) atoms. The summed E-state index contributed by atoms with van der Waals surface area (Å²) < 4.78 is 5.37. The van der Waals surface area contributed by atoms with Crippen molar-refractivity contribution in [3.05, 3.63) is 11.1 Å². The Morgan fingerprint density at radius 1 is 1.33 bits per heavy atom. The molecule has 0 aromatic carbocycles. The molecule has 3 heteroatoms. The van der Waals surface area contributed by atoms with E-state index in [2.05, 4.69) is 20.8 Å². The third-order valence-electron chi connectivity index (χ3n) is 6.08. The molecule has 0 bridgehead atoms. The Hall–Kier alpha value is -0.830. The third kappa shape index (κ3) is 3.03. The van der Waals surface area contributed by atoms with Gasteiger partial charge in [0.25, 0.3) is 0 Å². The molecule has 0 heterocycles. The third-order valence-corrected chi connectivity index (χ3v) is 6.08. The molecular formula is C18H30O3. The van der Waals surface area contributed by atoms with E-state index in [9.17, 15) is 9.90 Å². The molecule has 0 saturated carbocycles. The molecular weight excluding hydrogens is 264 g/mol. The van der Waals surface area contributed by atoms with Crippen LogP contribution in [0.15, 0.2) is 11.1 Å². The lowest BCUT2D eigenvalue weighted by Crippen LogP contribution is -2.40. The molecule has 0 unspecified atom stereocenters. The van der Waals surface area contributed by atoms with E-state index < -0.39 is 0 Å². The van der Waals surface area contributed by atoms with Crippen LogP contribution in [0, 0.1) is 16.7 Å². The molecule has 0 aliphatic heterocycles. The first-order chi connectivity index (χ1) is 9.83. The predicted octanol–water partition coefficient (Wildman–Crippen LogP) is 3.85. The van der Waals surface area contributed by atoms with Crippen LogP contribution in [0.1, 0.15) is 66.2 Å². The van der Waals surface area contributed by atoms with Gasteiger partial charge in [0.2, 0.25) is 0 Å². The van der Waals surface area contributed by atoms with E-state index in [0.717, 1.165) is 32.1 Å². The van der Waals surface area contributed by atoms with Crippen LogP contribution in [-0.2, 0) is 9.53 Å². The van der Waals surface area contributed by atoms with Crippen LogP contribution in [0.25, 0.3) is 0 Å². The van der Waals surface area contributed by atoms with Crippen molar-refractivity contribution in [3.63, 3.8) is 0 Å². The van der Waals surface area contributed by atoms with Crippen LogP contribution in [0.4, 0.5) is 0 Å². The molecule has 0 saturated heterocycles. The quantitative estimate of drug-likeness (QED) is 0.632. The Balaban J connectivity index is 2.36. The van der Waals surface area contributed by atoms with Crippen molar-refractivity contribution in [2.75, 3.05) is 13.2 Å². The first-order valence-corrected chi connectivity index (χ1v) is 8.31. The van der Waals surface area contributed by atoms with E-state index in [1.54, 1.807) is 5.57 Å². The smallest absolute Gasteiger partial charge is 0.302 e. The van der Waals surface area contributed by atoms with E-state index >= 15 is 0 Å². The van der Waals surface area contributed by atoms with Crippen molar-refractivity contribution in [2.24, 2.45) is 16.7 Å². The highest BCUT2D eigenvalue weighted by Gasteiger charge is 2.45. The molecule has 2 rings (SSSR count). The summed E-state index contributed by atoms with van der Waals surface area (Å²) >= 11 is 0. The molecule has 120 valence electrons. The molecule has 0 aromatic heterocycles. The monoisotopic (exact) mass is 294 g/mol. The molecule has 3 nitrogen and oxygen atoms in total. The molecule has 0 fully saturated rings. The molecule has 2 aliphatic rings. The topological polar surface area (TPSA) is 46.5 Å². The van der Waals surface area contributed by atoms with Crippen LogP contribution in [-0.4, -0.2) is 24.3 Å². The summed E-state index contributed by atoms with van der Waals surface area (Å²) in [5.41, 5.74) is 3.18. The molecule has 0 aromatic rings. The number of carbonyl (C=O) groups excluding carboxylic acids is 1. The van der Waals surface area contributed by atoms with Gasteiger partial charge in [-0.2, -0.15) is 0 Å². The van der Waals surface area contributed by atoms with Crippen LogP contribution in [0.5, 0.6) is 0 Å². The first-order valence-electron chi connectivity index (χ1n) is 8.31. The highest BCUT2D eigenvalue weighted by atomic mass is 16.5. The van der Waals surface area contributed by atoms with Crippen molar-refractivity contribution in [3.8, 4) is 0 Å². The summed E-state index contributed by atoms with van der Waals surface area (Å²) in [7, 11) is 0. The summed E-state index contributed by atoms with van der Waals surface area (Å²) in [6, 6.07) is 0. The molecule has 0 amide bonds. The average Bonchev–Trinajstić information content (AvgIpc) is 2.42. The molecule has 3 atom stereocenters. The number of esters is 1. The molecule has 2 aliphatic carbocycles. The Morgan fingerprint density at radius 3 is 2.67 bits per heavy atom. The highest BCUT2D eigenvalue weighted by Crippen LogP contribution is 2.56. The minimum Gasteiger partial charge on any atom is -0.465 e. The number of hydrogen-bond acceptors (Lipinski definition) is 3. The van der Waals surface area contributed by atoms with Crippen LogP contribution in [0.3, 0.4) is 0 Å². The number of aliphatic hydroxyl groups is 1. The molecule has 0 radical (unpaired) electrons. The van der Waals surface area contributed by atoms with Gasteiger partial charge in [0.15, 0.2) is 0 Å². The van der Waals surface area contributed by atoms with Gasteiger partial charge in [0.1, 0.15) is 6.61 Å². The number of aliphatic hydroxyl groups excluding tert-OH is 1. The Morgan fingerprint density at radius 2 is 2.05 bits per heavy atom. The second-order valence-electron chi connectivity index (χ2n) is 7.48. The highest BCUT2D eigenvalue weighted by molar-refractivity contribution is 5.66. The maximum absolute atomic E-state index is 11.2. The van der Waals surface area contributed by atoms with Crippen LogP contribution >= 0.6 is 0 Å². The van der Waals surface area contributed by atoms with E-state index in [-0.39, 0.29) is 23.4 Å². The van der Waals surface area contributed by atoms with Gasteiger partial charge in [0.05, 0.1) is 0 Å².